The Kier molecular flexibility index (Phi) is 4.89. The van der Waals surface area contributed by atoms with Crippen molar-refractivity contribution >= 4 is 39.7 Å². The number of anilines is 3. The fraction of sp³-hybridized carbons (Fsp3) is 0.214. The Balaban J connectivity index is 1.95. The average molecular weight is 305 g/mol. The van der Waals surface area contributed by atoms with Crippen LogP contribution in [0.2, 0.25) is 0 Å². The number of hydrogen-bond donors (Lipinski definition) is 3. The van der Waals surface area contributed by atoms with Gasteiger partial charge in [0.2, 0.25) is 5.91 Å². The second-order valence-electron chi connectivity index (χ2n) is 4.42. The molecular weight excluding hydrogens is 290 g/mol. The molecule has 0 bridgehead atoms. The fourth-order valence-corrected chi connectivity index (χ4v) is 2.44. The van der Waals surface area contributed by atoms with Gasteiger partial charge in [-0.25, -0.2) is 4.98 Å². The molecule has 110 valence electrons. The number of nitrogens with zero attached hydrogens (tertiary/aromatic N) is 1. The van der Waals surface area contributed by atoms with Crippen molar-refractivity contribution in [3.63, 3.8) is 0 Å². The maximum absolute atomic E-state index is 10.9. The van der Waals surface area contributed by atoms with Gasteiger partial charge in [-0.15, -0.1) is 11.3 Å². The lowest BCUT2D eigenvalue weighted by Gasteiger charge is -2.05. The minimum atomic E-state index is -0.828. The van der Waals surface area contributed by atoms with Crippen LogP contribution in [-0.4, -0.2) is 22.0 Å². The summed E-state index contributed by atoms with van der Waals surface area (Å²) in [5.74, 6) is -0.940. The van der Waals surface area contributed by atoms with E-state index >= 15 is 0 Å². The molecule has 1 aromatic heterocycles. The van der Waals surface area contributed by atoms with Crippen LogP contribution >= 0.6 is 11.3 Å². The molecule has 0 aliphatic carbocycles. The van der Waals surface area contributed by atoms with Crippen LogP contribution in [0.1, 0.15) is 19.0 Å². The van der Waals surface area contributed by atoms with E-state index in [4.69, 9.17) is 5.11 Å². The number of carboxylic acid groups (broad SMARTS) is 1. The summed E-state index contributed by atoms with van der Waals surface area (Å²) in [6, 6.07) is 7.26. The molecule has 0 spiro atoms. The summed E-state index contributed by atoms with van der Waals surface area (Å²) < 4.78 is 0. The van der Waals surface area contributed by atoms with Crippen LogP contribution in [0.4, 0.5) is 16.5 Å². The van der Waals surface area contributed by atoms with Gasteiger partial charge in [0, 0.05) is 30.1 Å². The molecule has 0 saturated carbocycles. The molecule has 0 atom stereocenters. The summed E-state index contributed by atoms with van der Waals surface area (Å²) >= 11 is 1.43. The van der Waals surface area contributed by atoms with Gasteiger partial charge >= 0.3 is 5.97 Å². The molecule has 3 N–H and O–H groups in total. The molecule has 2 aromatic rings. The minimum absolute atomic E-state index is 0.0780. The van der Waals surface area contributed by atoms with E-state index in [0.29, 0.717) is 11.6 Å². The number of amides is 1. The van der Waals surface area contributed by atoms with Crippen LogP contribution in [0.25, 0.3) is 0 Å². The van der Waals surface area contributed by atoms with E-state index in [0.717, 1.165) is 17.1 Å². The molecule has 1 amide bonds. The highest BCUT2D eigenvalue weighted by molar-refractivity contribution is 7.13. The molecule has 0 radical (unpaired) electrons. The number of hydrogen-bond acceptors (Lipinski definition) is 5. The van der Waals surface area contributed by atoms with Crippen LogP contribution in [0.3, 0.4) is 0 Å². The van der Waals surface area contributed by atoms with Gasteiger partial charge in [0.25, 0.3) is 0 Å². The lowest BCUT2D eigenvalue weighted by atomic mass is 10.2. The van der Waals surface area contributed by atoms with Crippen molar-refractivity contribution in [2.75, 3.05) is 10.6 Å². The lowest BCUT2D eigenvalue weighted by Crippen LogP contribution is -2.05. The van der Waals surface area contributed by atoms with E-state index in [1.165, 1.54) is 18.3 Å². The molecule has 0 aliphatic heterocycles. The number of benzene rings is 1. The smallest absolute Gasteiger partial charge is 0.303 e. The molecule has 0 unspecified atom stereocenters. The maximum atomic E-state index is 10.9. The molecule has 7 heteroatoms. The Morgan fingerprint density at radius 3 is 2.52 bits per heavy atom. The lowest BCUT2D eigenvalue weighted by molar-refractivity contribution is -0.137. The molecule has 0 aliphatic rings. The molecule has 1 heterocycles. The van der Waals surface area contributed by atoms with Gasteiger partial charge in [0.15, 0.2) is 5.13 Å². The van der Waals surface area contributed by atoms with Crippen molar-refractivity contribution in [2.45, 2.75) is 19.8 Å². The van der Waals surface area contributed by atoms with Crippen molar-refractivity contribution < 1.29 is 14.7 Å². The van der Waals surface area contributed by atoms with Crippen molar-refractivity contribution in [3.8, 4) is 0 Å². The van der Waals surface area contributed by atoms with Gasteiger partial charge in [-0.3, -0.25) is 9.59 Å². The first-order chi connectivity index (χ1) is 10.0. The number of rotatable bonds is 6. The first-order valence-corrected chi connectivity index (χ1v) is 7.22. The Labute approximate surface area is 125 Å². The predicted octanol–water partition coefficient (Wildman–Crippen LogP) is 2.86. The van der Waals surface area contributed by atoms with Crippen LogP contribution in [0.15, 0.2) is 29.6 Å². The van der Waals surface area contributed by atoms with Crippen molar-refractivity contribution in [1.29, 1.82) is 0 Å². The molecular formula is C14H15N3O3S. The van der Waals surface area contributed by atoms with Crippen LogP contribution in [-0.2, 0) is 16.0 Å². The van der Waals surface area contributed by atoms with E-state index in [1.807, 2.05) is 17.5 Å². The largest absolute Gasteiger partial charge is 0.481 e. The van der Waals surface area contributed by atoms with Gasteiger partial charge < -0.3 is 15.7 Å². The zero-order valence-corrected chi connectivity index (χ0v) is 12.2. The molecule has 0 saturated heterocycles. The third-order valence-corrected chi connectivity index (χ3v) is 3.41. The van der Waals surface area contributed by atoms with Gasteiger partial charge in [0.05, 0.1) is 12.1 Å². The Morgan fingerprint density at radius 1 is 1.24 bits per heavy atom. The second kappa shape index (κ2) is 6.85. The molecule has 21 heavy (non-hydrogen) atoms. The normalized spacial score (nSPS) is 10.1. The van der Waals surface area contributed by atoms with Gasteiger partial charge in [-0.05, 0) is 24.3 Å². The molecule has 2 rings (SSSR count). The first kappa shape index (κ1) is 15.0. The summed E-state index contributed by atoms with van der Waals surface area (Å²) in [4.78, 5) is 25.8. The number of nitrogens with one attached hydrogen (secondary N) is 2. The highest BCUT2D eigenvalue weighted by atomic mass is 32.1. The average Bonchev–Trinajstić information content (AvgIpc) is 2.86. The van der Waals surface area contributed by atoms with Crippen LogP contribution in [0.5, 0.6) is 0 Å². The highest BCUT2D eigenvalue weighted by Crippen LogP contribution is 2.22. The summed E-state index contributed by atoms with van der Waals surface area (Å²) in [7, 11) is 0. The van der Waals surface area contributed by atoms with E-state index in [9.17, 15) is 9.59 Å². The summed E-state index contributed by atoms with van der Waals surface area (Å²) in [5.41, 5.74) is 2.34. The minimum Gasteiger partial charge on any atom is -0.481 e. The molecule has 1 aromatic carbocycles. The van der Waals surface area contributed by atoms with E-state index in [1.54, 1.807) is 12.1 Å². The van der Waals surface area contributed by atoms with Gasteiger partial charge in [-0.2, -0.15) is 0 Å². The molecule has 0 fully saturated rings. The topological polar surface area (TPSA) is 91.3 Å². The van der Waals surface area contributed by atoms with Crippen molar-refractivity contribution in [1.82, 2.24) is 4.98 Å². The Bertz CT molecular complexity index is 637. The number of aliphatic carboxylic acids is 1. The maximum Gasteiger partial charge on any atom is 0.303 e. The van der Waals surface area contributed by atoms with Gasteiger partial charge in [-0.1, -0.05) is 0 Å². The van der Waals surface area contributed by atoms with Crippen LogP contribution in [0, 0.1) is 0 Å². The number of aromatic nitrogens is 1. The summed E-state index contributed by atoms with van der Waals surface area (Å²) in [5, 5.41) is 17.0. The van der Waals surface area contributed by atoms with Crippen LogP contribution < -0.4 is 10.6 Å². The Morgan fingerprint density at radius 2 is 1.90 bits per heavy atom. The highest BCUT2D eigenvalue weighted by Gasteiger charge is 2.05. The first-order valence-electron chi connectivity index (χ1n) is 6.34. The number of carbonyl (C=O) groups excluding carboxylic acids is 1. The summed E-state index contributed by atoms with van der Waals surface area (Å²) in [6.07, 6.45) is 0.504. The number of carboxylic acids is 1. The summed E-state index contributed by atoms with van der Waals surface area (Å²) in [6.45, 7) is 1.46. The zero-order chi connectivity index (χ0) is 15.2. The van der Waals surface area contributed by atoms with Crippen molar-refractivity contribution in [2.24, 2.45) is 0 Å². The van der Waals surface area contributed by atoms with Crippen molar-refractivity contribution in [3.05, 3.63) is 35.3 Å². The third kappa shape index (κ3) is 4.88. The quantitative estimate of drug-likeness (QED) is 0.763. The molecule has 6 nitrogen and oxygen atoms in total. The number of aryl methyl sites for hydroxylation is 1. The number of carbonyl (C=O) groups is 2. The predicted molar refractivity (Wildman–Crippen MR) is 82.1 cm³/mol. The fourth-order valence-electron chi connectivity index (χ4n) is 1.68. The number of thiazole rings is 1. The SMILES string of the molecule is CC(=O)Nc1ccc(Nc2nc(CCC(=O)O)cs2)cc1. The second-order valence-corrected chi connectivity index (χ2v) is 5.28. The third-order valence-electron chi connectivity index (χ3n) is 2.60. The monoisotopic (exact) mass is 305 g/mol. The zero-order valence-electron chi connectivity index (χ0n) is 11.4. The van der Waals surface area contributed by atoms with E-state index < -0.39 is 5.97 Å². The van der Waals surface area contributed by atoms with Gasteiger partial charge in [0.1, 0.15) is 0 Å². The van der Waals surface area contributed by atoms with E-state index in [-0.39, 0.29) is 12.3 Å². The standard InChI is InChI=1S/C14H15N3O3S/c1-9(18)15-10-2-4-11(5-3-10)16-14-17-12(8-21-14)6-7-13(19)20/h2-5,8H,6-7H2,1H3,(H,15,18)(H,16,17)(H,19,20). The van der Waals surface area contributed by atoms with E-state index in [2.05, 4.69) is 15.6 Å². The Hall–Kier alpha value is -2.41.